The van der Waals surface area contributed by atoms with Crippen molar-refractivity contribution in [1.29, 1.82) is 0 Å². The van der Waals surface area contributed by atoms with Crippen molar-refractivity contribution < 1.29 is 30.4 Å². The van der Waals surface area contributed by atoms with Gasteiger partial charge in [-0.3, -0.25) is 4.57 Å². The van der Waals surface area contributed by atoms with Crippen molar-refractivity contribution in [3.63, 3.8) is 0 Å². The van der Waals surface area contributed by atoms with Crippen LogP contribution < -0.4 is 9.30 Å². The summed E-state index contributed by atoms with van der Waals surface area (Å²) in [6.07, 6.45) is 5.85. The molecule has 9 rings (SSSR count). The maximum atomic E-state index is 7.11. The van der Waals surface area contributed by atoms with Gasteiger partial charge < -0.3 is 13.9 Å². The second-order valence-corrected chi connectivity index (χ2v) is 24.8. The molecule has 5 nitrogen and oxygen atoms in total. The number of pyridine rings is 1. The van der Waals surface area contributed by atoms with Crippen molar-refractivity contribution >= 4 is 21.8 Å². The molecule has 0 bridgehead atoms. The number of hydrogen-bond donors (Lipinski definition) is 0. The van der Waals surface area contributed by atoms with Crippen LogP contribution in [0.15, 0.2) is 146 Å². The monoisotopic (exact) mass is 1130 g/mol. The summed E-state index contributed by atoms with van der Waals surface area (Å²) < 4.78 is 13.9. The molecule has 0 fully saturated rings. The molecule has 0 aliphatic heterocycles. The van der Waals surface area contributed by atoms with Crippen molar-refractivity contribution in [2.24, 2.45) is 0 Å². The molecule has 0 atom stereocenters. The number of rotatable bonds is 9. The fourth-order valence-electron chi connectivity index (χ4n) is 10.1. The summed E-state index contributed by atoms with van der Waals surface area (Å²) >= 11 is 0. The maximum absolute atomic E-state index is 7.11. The molecular formula is C66H72N4OPt-2. The van der Waals surface area contributed by atoms with E-state index in [1.54, 1.807) is 0 Å². The van der Waals surface area contributed by atoms with E-state index in [0.29, 0.717) is 11.5 Å². The van der Waals surface area contributed by atoms with Gasteiger partial charge in [0.1, 0.15) is 5.82 Å². The van der Waals surface area contributed by atoms with Gasteiger partial charge in [-0.05, 0) is 96.3 Å². The van der Waals surface area contributed by atoms with Crippen LogP contribution in [0.25, 0.3) is 39.0 Å². The van der Waals surface area contributed by atoms with E-state index in [1.807, 2.05) is 6.20 Å². The Kier molecular flexibility index (Phi) is 13.6. The number of ether oxygens (including phenoxy) is 1. The topological polar surface area (TPSA) is 35.9 Å². The molecule has 72 heavy (non-hydrogen) atoms. The van der Waals surface area contributed by atoms with E-state index in [9.17, 15) is 0 Å². The molecule has 0 N–H and O–H groups in total. The van der Waals surface area contributed by atoms with E-state index in [-0.39, 0.29) is 48.1 Å². The minimum absolute atomic E-state index is 0. The minimum Gasteiger partial charge on any atom is -0.510 e. The minimum atomic E-state index is -0.392. The van der Waals surface area contributed by atoms with Crippen LogP contribution >= 0.6 is 0 Å². The van der Waals surface area contributed by atoms with Gasteiger partial charge in [-0.2, -0.15) is 12.1 Å². The van der Waals surface area contributed by atoms with Gasteiger partial charge in [0.05, 0.1) is 17.1 Å². The van der Waals surface area contributed by atoms with Crippen LogP contribution in [0.3, 0.4) is 0 Å². The zero-order valence-electron chi connectivity index (χ0n) is 45.4. The number of nitrogens with zero attached hydrogens (tertiary/aromatic N) is 4. The fourth-order valence-corrected chi connectivity index (χ4v) is 10.1. The Labute approximate surface area is 444 Å². The molecule has 0 unspecified atom stereocenters. The van der Waals surface area contributed by atoms with Gasteiger partial charge in [-0.25, -0.2) is 4.98 Å². The third-order valence-corrected chi connectivity index (χ3v) is 14.5. The Bertz CT molecular complexity index is 3420. The van der Waals surface area contributed by atoms with Crippen LogP contribution in [-0.2, 0) is 53.6 Å². The molecule has 0 saturated carbocycles. The van der Waals surface area contributed by atoms with E-state index >= 15 is 0 Å². The fraction of sp³-hybridized carbons (Fsp3) is 0.333. The molecule has 0 radical (unpaired) electrons. The van der Waals surface area contributed by atoms with Crippen LogP contribution in [0, 0.1) is 18.5 Å². The summed E-state index contributed by atoms with van der Waals surface area (Å²) in [6.45, 7) is 36.5. The van der Waals surface area contributed by atoms with Crippen molar-refractivity contribution in [2.45, 2.75) is 143 Å². The van der Waals surface area contributed by atoms with Gasteiger partial charge in [0, 0.05) is 49.7 Å². The van der Waals surface area contributed by atoms with Gasteiger partial charge in [0.25, 0.3) is 6.33 Å². The van der Waals surface area contributed by atoms with Gasteiger partial charge in [-0.1, -0.05) is 201 Å². The Morgan fingerprint density at radius 2 is 1.07 bits per heavy atom. The SMILES string of the molecule is CC(C)(C)c1cccc(-[n+]2[c-]n(-c3[c-]c(Oc4[c-]c5c(cc4)c4cc(C(C)(C)c6ccccc6)ccc4n5-c4cc(C(C)(C)C)ccn4)cc(C(C)(C)c4ccccc4)c3)c(C(C)(C)C)c2C(C)(C)C)c1.[Pt]. The number of aromatic nitrogens is 4. The van der Waals surface area contributed by atoms with E-state index in [1.165, 1.54) is 39.2 Å². The Balaban J connectivity index is 0.00000693. The second-order valence-electron chi connectivity index (χ2n) is 24.8. The summed E-state index contributed by atoms with van der Waals surface area (Å²) in [6, 6.07) is 57.9. The maximum Gasteiger partial charge on any atom is 0.267 e. The molecule has 0 amide bonds. The summed E-state index contributed by atoms with van der Waals surface area (Å²) in [5.41, 5.74) is 12.4. The normalized spacial score (nSPS) is 12.9. The number of imidazole rings is 1. The molecule has 6 heteroatoms. The van der Waals surface area contributed by atoms with Gasteiger partial charge in [0.2, 0.25) is 0 Å². The quantitative estimate of drug-likeness (QED) is 0.107. The van der Waals surface area contributed by atoms with E-state index in [4.69, 9.17) is 9.72 Å². The third kappa shape index (κ3) is 9.91. The zero-order valence-corrected chi connectivity index (χ0v) is 47.6. The molecule has 9 aromatic rings. The van der Waals surface area contributed by atoms with Crippen LogP contribution in [0.1, 0.15) is 156 Å². The summed E-state index contributed by atoms with van der Waals surface area (Å²) in [4.78, 5) is 5.02. The molecule has 0 saturated heterocycles. The Hall–Kier alpha value is -6.03. The molecule has 0 spiro atoms. The predicted octanol–water partition coefficient (Wildman–Crippen LogP) is 16.3. The van der Waals surface area contributed by atoms with E-state index in [0.717, 1.165) is 44.6 Å². The van der Waals surface area contributed by atoms with Gasteiger partial charge in [0.15, 0.2) is 0 Å². The van der Waals surface area contributed by atoms with Crippen molar-refractivity contribution in [3.8, 4) is 28.7 Å². The summed E-state index contributed by atoms with van der Waals surface area (Å²) in [7, 11) is 0. The molecule has 0 aliphatic rings. The first-order valence-electron chi connectivity index (χ1n) is 25.3. The molecule has 0 aliphatic carbocycles. The largest absolute Gasteiger partial charge is 0.510 e. The standard InChI is InChI=1S/C66H72N4O.Pt/c1-61(2,3)46-28-23-29-50(36-46)68-43-69(60(64(10,11)12)59(68)63(7,8)9)51-37-49(66(15,16)45-26-21-18-22-27-45)38-53(41-51)71-52-31-32-54-55-39-48(65(13,14)44-24-19-17-20-25-44)30-33-56(55)70(57(54)42-52)58-40-47(34-35-67-58)62(4,5)6;/h17-40H,1-16H3;/q-2;. The Morgan fingerprint density at radius 3 is 1.67 bits per heavy atom. The molecule has 374 valence electrons. The number of fused-ring (bicyclic) bond motifs is 3. The second kappa shape index (κ2) is 18.8. The van der Waals surface area contributed by atoms with Crippen LogP contribution in [0.2, 0.25) is 0 Å². The average molecular weight is 1130 g/mol. The van der Waals surface area contributed by atoms with E-state index < -0.39 is 5.41 Å². The first-order valence-corrected chi connectivity index (χ1v) is 25.3. The average Bonchev–Trinajstić information content (AvgIpc) is 3.90. The molecule has 6 aromatic carbocycles. The van der Waals surface area contributed by atoms with Crippen molar-refractivity contribution in [3.05, 3.63) is 209 Å². The van der Waals surface area contributed by atoms with Crippen molar-refractivity contribution in [1.82, 2.24) is 14.1 Å². The Morgan fingerprint density at radius 1 is 0.472 bits per heavy atom. The predicted molar refractivity (Wildman–Crippen MR) is 294 cm³/mol. The molecular weight excluding hydrogens is 1060 g/mol. The van der Waals surface area contributed by atoms with Crippen molar-refractivity contribution in [2.75, 3.05) is 0 Å². The summed E-state index contributed by atoms with van der Waals surface area (Å²) in [5.74, 6) is 2.03. The first kappa shape index (κ1) is 52.3. The zero-order chi connectivity index (χ0) is 51.1. The van der Waals surface area contributed by atoms with Crippen LogP contribution in [-0.4, -0.2) is 14.1 Å². The number of hydrogen-bond acceptors (Lipinski definition) is 2. The number of benzene rings is 6. The molecule has 3 aromatic heterocycles. The van der Waals surface area contributed by atoms with Gasteiger partial charge >= 0.3 is 0 Å². The first-order chi connectivity index (χ1) is 33.2. The van der Waals surface area contributed by atoms with Crippen LogP contribution in [0.5, 0.6) is 11.5 Å². The van der Waals surface area contributed by atoms with Gasteiger partial charge in [-0.15, -0.1) is 35.2 Å². The molecule has 3 heterocycles. The third-order valence-electron chi connectivity index (χ3n) is 14.5. The van der Waals surface area contributed by atoms with E-state index in [2.05, 4.69) is 282 Å². The summed E-state index contributed by atoms with van der Waals surface area (Å²) in [5, 5.41) is 2.22. The smallest absolute Gasteiger partial charge is 0.267 e. The van der Waals surface area contributed by atoms with Crippen LogP contribution in [0.4, 0.5) is 0 Å².